The summed E-state index contributed by atoms with van der Waals surface area (Å²) in [4.78, 5) is 38.1. The number of carbonyl (C=O) groups is 1. The van der Waals surface area contributed by atoms with Crippen LogP contribution in [0.4, 0.5) is 27.4 Å². The zero-order valence-electron chi connectivity index (χ0n) is 21.2. The number of nitriles is 1. The van der Waals surface area contributed by atoms with Crippen LogP contribution in [0, 0.1) is 17.1 Å². The standard InChI is InChI=1S/C28H25FN8O2/c1-3-25(38)32-20-5-4-6-22(14-20)37-26-19(13-18(16-30)27(37)39)17-31-28(34-26)33-21-7-8-24(23(29)15-21)36-11-9-35(2)10-12-36/h3-8,13-15,17H,1,9-12H2,2H3,(H,32,38)(H,31,33,34). The molecular weight excluding hydrogens is 499 g/mol. The summed E-state index contributed by atoms with van der Waals surface area (Å²) < 4.78 is 16.3. The van der Waals surface area contributed by atoms with E-state index >= 15 is 4.39 Å². The molecule has 1 aliphatic rings. The van der Waals surface area contributed by atoms with Crippen molar-refractivity contribution in [1.82, 2.24) is 19.4 Å². The number of nitrogens with zero attached hydrogens (tertiary/aromatic N) is 6. The Labute approximate surface area is 223 Å². The number of hydrogen-bond donors (Lipinski definition) is 2. The van der Waals surface area contributed by atoms with Crippen LogP contribution in [0.2, 0.25) is 0 Å². The summed E-state index contributed by atoms with van der Waals surface area (Å²) in [5.74, 6) is -0.627. The number of nitrogens with one attached hydrogen (secondary N) is 2. The number of fused-ring (bicyclic) bond motifs is 1. The Morgan fingerprint density at radius 1 is 1.13 bits per heavy atom. The van der Waals surface area contributed by atoms with E-state index in [-0.39, 0.29) is 23.0 Å². The van der Waals surface area contributed by atoms with Crippen molar-refractivity contribution in [1.29, 1.82) is 5.26 Å². The minimum atomic E-state index is -0.579. The highest BCUT2D eigenvalue weighted by molar-refractivity contribution is 5.99. The molecule has 196 valence electrons. The molecule has 2 N–H and O–H groups in total. The average Bonchev–Trinajstić information content (AvgIpc) is 2.93. The summed E-state index contributed by atoms with van der Waals surface area (Å²) in [5.41, 5.74) is 1.37. The Morgan fingerprint density at radius 3 is 2.64 bits per heavy atom. The van der Waals surface area contributed by atoms with Gasteiger partial charge in [0.05, 0.1) is 11.4 Å². The number of pyridine rings is 1. The van der Waals surface area contributed by atoms with E-state index in [1.807, 2.05) is 18.0 Å². The van der Waals surface area contributed by atoms with Gasteiger partial charge in [-0.3, -0.25) is 14.2 Å². The first-order chi connectivity index (χ1) is 18.9. The Hall–Kier alpha value is -5.08. The van der Waals surface area contributed by atoms with Crippen LogP contribution >= 0.6 is 0 Å². The van der Waals surface area contributed by atoms with Gasteiger partial charge in [0.15, 0.2) is 5.65 Å². The molecule has 1 fully saturated rings. The minimum absolute atomic E-state index is 0.0890. The first kappa shape index (κ1) is 25.6. The lowest BCUT2D eigenvalue weighted by atomic mass is 10.2. The molecule has 1 saturated heterocycles. The molecule has 0 unspecified atom stereocenters. The van der Waals surface area contributed by atoms with Crippen molar-refractivity contribution in [3.05, 3.63) is 89.1 Å². The van der Waals surface area contributed by atoms with Gasteiger partial charge in [0.25, 0.3) is 5.56 Å². The molecule has 2 aromatic carbocycles. The second-order valence-corrected chi connectivity index (χ2v) is 9.11. The molecule has 5 rings (SSSR count). The Balaban J connectivity index is 1.51. The maximum absolute atomic E-state index is 15.0. The quantitative estimate of drug-likeness (QED) is 0.369. The lowest BCUT2D eigenvalue weighted by Crippen LogP contribution is -2.44. The molecule has 3 heterocycles. The van der Waals surface area contributed by atoms with Gasteiger partial charge >= 0.3 is 0 Å². The van der Waals surface area contributed by atoms with E-state index in [0.29, 0.717) is 28.1 Å². The number of piperazine rings is 1. The zero-order valence-corrected chi connectivity index (χ0v) is 21.2. The fraction of sp³-hybridized carbons (Fsp3) is 0.179. The van der Waals surface area contributed by atoms with Crippen LogP contribution < -0.4 is 21.1 Å². The third-order valence-electron chi connectivity index (χ3n) is 6.47. The fourth-order valence-corrected chi connectivity index (χ4v) is 4.41. The molecule has 1 aliphatic heterocycles. The van der Waals surface area contributed by atoms with E-state index in [1.54, 1.807) is 36.4 Å². The molecule has 10 nitrogen and oxygen atoms in total. The van der Waals surface area contributed by atoms with E-state index in [0.717, 1.165) is 32.3 Å². The van der Waals surface area contributed by atoms with Crippen LogP contribution in [0.1, 0.15) is 5.56 Å². The Morgan fingerprint density at radius 2 is 1.92 bits per heavy atom. The van der Waals surface area contributed by atoms with Crippen LogP contribution in [-0.2, 0) is 4.79 Å². The van der Waals surface area contributed by atoms with E-state index in [1.165, 1.54) is 22.9 Å². The van der Waals surface area contributed by atoms with Crippen molar-refractivity contribution < 1.29 is 9.18 Å². The monoisotopic (exact) mass is 524 g/mol. The van der Waals surface area contributed by atoms with Crippen molar-refractivity contribution in [3.8, 4) is 11.8 Å². The summed E-state index contributed by atoms with van der Waals surface area (Å²) in [6.07, 6.45) is 2.62. The second-order valence-electron chi connectivity index (χ2n) is 9.11. The van der Waals surface area contributed by atoms with E-state index in [2.05, 4.69) is 32.1 Å². The third kappa shape index (κ3) is 5.32. The molecule has 0 bridgehead atoms. The van der Waals surface area contributed by atoms with Gasteiger partial charge in [-0.05, 0) is 55.6 Å². The molecule has 39 heavy (non-hydrogen) atoms. The van der Waals surface area contributed by atoms with Crippen molar-refractivity contribution in [2.45, 2.75) is 0 Å². The van der Waals surface area contributed by atoms with Gasteiger partial charge < -0.3 is 20.4 Å². The van der Waals surface area contributed by atoms with Gasteiger partial charge in [-0.25, -0.2) is 9.37 Å². The lowest BCUT2D eigenvalue weighted by molar-refractivity contribution is -0.111. The van der Waals surface area contributed by atoms with Gasteiger partial charge in [-0.1, -0.05) is 12.6 Å². The molecule has 2 aromatic heterocycles. The van der Waals surface area contributed by atoms with Gasteiger partial charge in [0, 0.05) is 49.1 Å². The highest BCUT2D eigenvalue weighted by Crippen LogP contribution is 2.26. The number of likely N-dealkylation sites (N-methyl/N-ethyl adjacent to an activating group) is 1. The minimum Gasteiger partial charge on any atom is -0.367 e. The van der Waals surface area contributed by atoms with Gasteiger partial charge in [0.2, 0.25) is 11.9 Å². The normalized spacial score (nSPS) is 13.6. The number of anilines is 4. The average molecular weight is 525 g/mol. The Bertz CT molecular complexity index is 1690. The van der Waals surface area contributed by atoms with Crippen LogP contribution in [0.5, 0.6) is 0 Å². The van der Waals surface area contributed by atoms with Crippen molar-refractivity contribution in [3.63, 3.8) is 0 Å². The first-order valence-corrected chi connectivity index (χ1v) is 12.2. The maximum atomic E-state index is 15.0. The maximum Gasteiger partial charge on any atom is 0.274 e. The topological polar surface area (TPSA) is 119 Å². The number of halogens is 1. The molecule has 0 spiro atoms. The first-order valence-electron chi connectivity index (χ1n) is 12.2. The van der Waals surface area contributed by atoms with Crippen LogP contribution in [0.15, 0.2) is 72.2 Å². The van der Waals surface area contributed by atoms with Crippen LogP contribution in [0.3, 0.4) is 0 Å². The molecule has 11 heteroatoms. The second kappa shape index (κ2) is 10.7. The largest absolute Gasteiger partial charge is 0.367 e. The van der Waals surface area contributed by atoms with Crippen molar-refractivity contribution >= 4 is 40.0 Å². The Kier molecular flexibility index (Phi) is 7.03. The summed E-state index contributed by atoms with van der Waals surface area (Å²) >= 11 is 0. The summed E-state index contributed by atoms with van der Waals surface area (Å²) in [5, 5.41) is 15.6. The highest BCUT2D eigenvalue weighted by atomic mass is 19.1. The van der Waals surface area contributed by atoms with E-state index in [4.69, 9.17) is 0 Å². The number of benzene rings is 2. The van der Waals surface area contributed by atoms with E-state index in [9.17, 15) is 14.9 Å². The van der Waals surface area contributed by atoms with Crippen LogP contribution in [-0.4, -0.2) is 58.6 Å². The van der Waals surface area contributed by atoms with Gasteiger partial charge in [-0.15, -0.1) is 0 Å². The van der Waals surface area contributed by atoms with E-state index < -0.39 is 11.5 Å². The van der Waals surface area contributed by atoms with Crippen LogP contribution in [0.25, 0.3) is 16.7 Å². The summed E-state index contributed by atoms with van der Waals surface area (Å²) in [6, 6.07) is 14.8. The number of carbonyl (C=O) groups excluding carboxylic acids is 1. The third-order valence-corrected chi connectivity index (χ3v) is 6.47. The zero-order chi connectivity index (χ0) is 27.5. The van der Waals surface area contributed by atoms with Crippen molar-refractivity contribution in [2.75, 3.05) is 48.8 Å². The molecule has 1 amide bonds. The number of rotatable bonds is 6. The predicted octanol–water partition coefficient (Wildman–Crippen LogP) is 3.41. The number of hydrogen-bond acceptors (Lipinski definition) is 8. The number of amides is 1. The molecule has 0 atom stereocenters. The molecule has 0 saturated carbocycles. The van der Waals surface area contributed by atoms with Crippen molar-refractivity contribution in [2.24, 2.45) is 0 Å². The fourth-order valence-electron chi connectivity index (χ4n) is 4.41. The summed E-state index contributed by atoms with van der Waals surface area (Å²) in [6.45, 7) is 6.66. The highest BCUT2D eigenvalue weighted by Gasteiger charge is 2.18. The SMILES string of the molecule is C=CC(=O)Nc1cccc(-n2c(=O)c(C#N)cc3cnc(Nc4ccc(N5CCN(C)CC5)c(F)c4)nc32)c1. The van der Waals surface area contributed by atoms with Gasteiger partial charge in [-0.2, -0.15) is 10.2 Å². The molecule has 0 aliphatic carbocycles. The predicted molar refractivity (Wildman–Crippen MR) is 148 cm³/mol. The van der Waals surface area contributed by atoms with Gasteiger partial charge in [0.1, 0.15) is 17.4 Å². The summed E-state index contributed by atoms with van der Waals surface area (Å²) in [7, 11) is 2.04. The number of aromatic nitrogens is 3. The molecular formula is C28H25FN8O2. The molecule has 0 radical (unpaired) electrons. The molecule has 4 aromatic rings. The lowest BCUT2D eigenvalue weighted by Gasteiger charge is -2.34. The smallest absolute Gasteiger partial charge is 0.274 e.